The highest BCUT2D eigenvalue weighted by molar-refractivity contribution is 7.13. The van der Waals surface area contributed by atoms with Crippen molar-refractivity contribution in [1.82, 2.24) is 9.97 Å². The van der Waals surface area contributed by atoms with E-state index >= 15 is 0 Å². The average molecular weight is 239 g/mol. The molecule has 2 rings (SSSR count). The SMILES string of the molecule is CC(C)c1csc(-c2ncccc2Cl)n1. The van der Waals surface area contributed by atoms with Gasteiger partial charge < -0.3 is 0 Å². The normalized spacial score (nSPS) is 10.9. The van der Waals surface area contributed by atoms with Crippen LogP contribution in [0.25, 0.3) is 10.7 Å². The lowest BCUT2D eigenvalue weighted by molar-refractivity contribution is 0.834. The lowest BCUT2D eigenvalue weighted by Gasteiger charge is -1.99. The molecule has 0 atom stereocenters. The standard InChI is InChI=1S/C11H11ClN2S/c1-7(2)9-6-15-11(14-9)10-8(12)4-3-5-13-10/h3-7H,1-2H3. The summed E-state index contributed by atoms with van der Waals surface area (Å²) in [7, 11) is 0. The minimum atomic E-state index is 0.442. The number of nitrogens with zero attached hydrogens (tertiary/aromatic N) is 2. The topological polar surface area (TPSA) is 25.8 Å². The van der Waals surface area contributed by atoms with Crippen molar-refractivity contribution in [2.45, 2.75) is 19.8 Å². The number of thiazole rings is 1. The van der Waals surface area contributed by atoms with Crippen molar-refractivity contribution >= 4 is 22.9 Å². The van der Waals surface area contributed by atoms with Crippen LogP contribution in [0.4, 0.5) is 0 Å². The molecule has 4 heteroatoms. The molecule has 2 heterocycles. The summed E-state index contributed by atoms with van der Waals surface area (Å²) < 4.78 is 0. The second kappa shape index (κ2) is 4.29. The zero-order valence-corrected chi connectivity index (χ0v) is 10.1. The van der Waals surface area contributed by atoms with Crippen LogP contribution in [0.3, 0.4) is 0 Å². The molecule has 0 aliphatic carbocycles. The van der Waals surface area contributed by atoms with Crippen LogP contribution in [0, 0.1) is 0 Å². The van der Waals surface area contributed by atoms with Crippen molar-refractivity contribution < 1.29 is 0 Å². The molecule has 0 spiro atoms. The number of hydrogen-bond acceptors (Lipinski definition) is 3. The summed E-state index contributed by atoms with van der Waals surface area (Å²) in [6.07, 6.45) is 1.73. The zero-order valence-electron chi connectivity index (χ0n) is 8.57. The van der Waals surface area contributed by atoms with Gasteiger partial charge in [-0.15, -0.1) is 11.3 Å². The molecular weight excluding hydrogens is 228 g/mol. The Morgan fingerprint density at radius 1 is 1.40 bits per heavy atom. The van der Waals surface area contributed by atoms with E-state index in [9.17, 15) is 0 Å². The van der Waals surface area contributed by atoms with Gasteiger partial charge >= 0.3 is 0 Å². The van der Waals surface area contributed by atoms with Gasteiger partial charge in [-0.3, -0.25) is 4.98 Å². The van der Waals surface area contributed by atoms with Gasteiger partial charge in [0.05, 0.1) is 10.7 Å². The summed E-state index contributed by atoms with van der Waals surface area (Å²) in [5.74, 6) is 0.442. The largest absolute Gasteiger partial charge is 0.252 e. The summed E-state index contributed by atoms with van der Waals surface area (Å²) in [6.45, 7) is 4.25. The van der Waals surface area contributed by atoms with Crippen LogP contribution in [-0.2, 0) is 0 Å². The van der Waals surface area contributed by atoms with Gasteiger partial charge in [0.2, 0.25) is 0 Å². The Labute approximate surface area is 98.0 Å². The molecule has 0 bridgehead atoms. The highest BCUT2D eigenvalue weighted by Gasteiger charge is 2.10. The molecule has 0 aromatic carbocycles. The molecule has 0 N–H and O–H groups in total. The molecule has 2 aromatic heterocycles. The van der Waals surface area contributed by atoms with E-state index in [1.54, 1.807) is 17.5 Å². The van der Waals surface area contributed by atoms with Crippen molar-refractivity contribution in [3.8, 4) is 10.7 Å². The number of halogens is 1. The predicted octanol–water partition coefficient (Wildman–Crippen LogP) is 3.98. The van der Waals surface area contributed by atoms with Gasteiger partial charge in [0.25, 0.3) is 0 Å². The van der Waals surface area contributed by atoms with Crippen molar-refractivity contribution in [3.05, 3.63) is 34.4 Å². The van der Waals surface area contributed by atoms with Crippen LogP contribution in [0.5, 0.6) is 0 Å². The van der Waals surface area contributed by atoms with Gasteiger partial charge in [0, 0.05) is 11.6 Å². The number of pyridine rings is 1. The van der Waals surface area contributed by atoms with Gasteiger partial charge in [-0.05, 0) is 18.1 Å². The van der Waals surface area contributed by atoms with Gasteiger partial charge in [0.15, 0.2) is 0 Å². The molecule has 0 saturated heterocycles. The zero-order chi connectivity index (χ0) is 10.8. The number of rotatable bonds is 2. The molecule has 0 unspecified atom stereocenters. The maximum absolute atomic E-state index is 6.05. The van der Waals surface area contributed by atoms with Crippen LogP contribution in [0.1, 0.15) is 25.5 Å². The Morgan fingerprint density at radius 3 is 2.80 bits per heavy atom. The fraction of sp³-hybridized carbons (Fsp3) is 0.273. The Kier molecular flexibility index (Phi) is 3.03. The first-order valence-corrected chi connectivity index (χ1v) is 6.00. The van der Waals surface area contributed by atoms with E-state index in [-0.39, 0.29) is 0 Å². The quantitative estimate of drug-likeness (QED) is 0.791. The van der Waals surface area contributed by atoms with E-state index in [0.29, 0.717) is 10.9 Å². The molecular formula is C11H11ClN2S. The second-order valence-electron chi connectivity index (χ2n) is 3.57. The van der Waals surface area contributed by atoms with Crippen LogP contribution in [0.2, 0.25) is 5.02 Å². The molecule has 0 fully saturated rings. The van der Waals surface area contributed by atoms with E-state index in [1.807, 2.05) is 12.1 Å². The number of hydrogen-bond donors (Lipinski definition) is 0. The van der Waals surface area contributed by atoms with Gasteiger partial charge in [-0.25, -0.2) is 4.98 Å². The Hall–Kier alpha value is -0.930. The molecule has 78 valence electrons. The molecule has 0 radical (unpaired) electrons. The Balaban J connectivity index is 2.42. The summed E-state index contributed by atoms with van der Waals surface area (Å²) >= 11 is 7.64. The first-order valence-electron chi connectivity index (χ1n) is 4.75. The summed E-state index contributed by atoms with van der Waals surface area (Å²) in [5.41, 5.74) is 1.87. The van der Waals surface area contributed by atoms with E-state index < -0.39 is 0 Å². The molecule has 0 amide bonds. The highest BCUT2D eigenvalue weighted by atomic mass is 35.5. The van der Waals surface area contributed by atoms with Crippen LogP contribution in [-0.4, -0.2) is 9.97 Å². The minimum Gasteiger partial charge on any atom is -0.252 e. The predicted molar refractivity (Wildman–Crippen MR) is 64.4 cm³/mol. The fourth-order valence-electron chi connectivity index (χ4n) is 1.20. The summed E-state index contributed by atoms with van der Waals surface area (Å²) in [5, 5.41) is 3.61. The van der Waals surface area contributed by atoms with Crippen molar-refractivity contribution in [2.75, 3.05) is 0 Å². The average Bonchev–Trinajstić information content (AvgIpc) is 2.67. The van der Waals surface area contributed by atoms with E-state index in [1.165, 1.54) is 0 Å². The van der Waals surface area contributed by atoms with E-state index in [2.05, 4.69) is 29.2 Å². The Bertz CT molecular complexity index is 465. The lowest BCUT2D eigenvalue weighted by atomic mass is 10.2. The summed E-state index contributed by atoms with van der Waals surface area (Å²) in [4.78, 5) is 8.75. The van der Waals surface area contributed by atoms with E-state index in [0.717, 1.165) is 16.4 Å². The maximum Gasteiger partial charge on any atom is 0.143 e. The maximum atomic E-state index is 6.05. The third-order valence-electron chi connectivity index (χ3n) is 2.07. The third kappa shape index (κ3) is 2.19. The van der Waals surface area contributed by atoms with Crippen LogP contribution < -0.4 is 0 Å². The molecule has 0 aliphatic heterocycles. The number of aromatic nitrogens is 2. The van der Waals surface area contributed by atoms with Gasteiger partial charge in [-0.2, -0.15) is 0 Å². The first-order chi connectivity index (χ1) is 7.18. The smallest absolute Gasteiger partial charge is 0.143 e. The molecule has 0 saturated carbocycles. The molecule has 2 nitrogen and oxygen atoms in total. The summed E-state index contributed by atoms with van der Waals surface area (Å²) in [6, 6.07) is 3.66. The van der Waals surface area contributed by atoms with Gasteiger partial charge in [0.1, 0.15) is 10.7 Å². The van der Waals surface area contributed by atoms with Crippen LogP contribution in [0.15, 0.2) is 23.7 Å². The monoisotopic (exact) mass is 238 g/mol. The van der Waals surface area contributed by atoms with Crippen LogP contribution >= 0.6 is 22.9 Å². The van der Waals surface area contributed by atoms with Crippen molar-refractivity contribution in [3.63, 3.8) is 0 Å². The first kappa shape index (κ1) is 10.6. The lowest BCUT2D eigenvalue weighted by Crippen LogP contribution is -1.88. The Morgan fingerprint density at radius 2 is 2.20 bits per heavy atom. The molecule has 2 aromatic rings. The fourth-order valence-corrected chi connectivity index (χ4v) is 2.46. The minimum absolute atomic E-state index is 0.442. The van der Waals surface area contributed by atoms with Gasteiger partial charge in [-0.1, -0.05) is 25.4 Å². The van der Waals surface area contributed by atoms with E-state index in [4.69, 9.17) is 11.6 Å². The van der Waals surface area contributed by atoms with Crippen molar-refractivity contribution in [1.29, 1.82) is 0 Å². The third-order valence-corrected chi connectivity index (χ3v) is 3.25. The van der Waals surface area contributed by atoms with Crippen molar-refractivity contribution in [2.24, 2.45) is 0 Å². The molecule has 15 heavy (non-hydrogen) atoms. The second-order valence-corrected chi connectivity index (χ2v) is 4.83. The highest BCUT2D eigenvalue weighted by Crippen LogP contribution is 2.29. The molecule has 0 aliphatic rings.